The lowest BCUT2D eigenvalue weighted by Gasteiger charge is -2.34. The Bertz CT molecular complexity index is 1040. The summed E-state index contributed by atoms with van der Waals surface area (Å²) in [5, 5.41) is 11.8. The van der Waals surface area contributed by atoms with Gasteiger partial charge in [-0.05, 0) is 37.1 Å². The number of ether oxygens (including phenoxy) is 2. The molecule has 0 radical (unpaired) electrons. The van der Waals surface area contributed by atoms with Crippen molar-refractivity contribution in [2.45, 2.75) is 28.9 Å². The minimum Gasteiger partial charge on any atom is -0.492 e. The molecule has 11 nitrogen and oxygen atoms in total. The maximum atomic E-state index is 13.2. The van der Waals surface area contributed by atoms with Crippen molar-refractivity contribution in [1.82, 2.24) is 20.3 Å². The largest absolute Gasteiger partial charge is 0.492 e. The molecule has 0 aliphatic carbocycles. The van der Waals surface area contributed by atoms with Gasteiger partial charge in [-0.25, -0.2) is 18.9 Å². The molecule has 1 aliphatic heterocycles. The molecule has 3 rings (SSSR count). The number of amides is 2. The third kappa shape index (κ3) is 5.09. The number of aromatic nitrogens is 2. The maximum Gasteiger partial charge on any atom is 0.265 e. The highest BCUT2D eigenvalue weighted by Gasteiger charge is 2.52. The number of imidazole rings is 1. The van der Waals surface area contributed by atoms with E-state index in [1.54, 1.807) is 17.1 Å². The minimum absolute atomic E-state index is 0.0565. The Hall–Kier alpha value is -2.96. The fourth-order valence-corrected chi connectivity index (χ4v) is 5.45. The van der Waals surface area contributed by atoms with Gasteiger partial charge in [-0.15, -0.1) is 0 Å². The van der Waals surface area contributed by atoms with Crippen LogP contribution in [-0.2, 0) is 37.6 Å². The third-order valence-electron chi connectivity index (χ3n) is 5.26. The van der Waals surface area contributed by atoms with E-state index in [1.165, 1.54) is 29.7 Å². The lowest BCUT2D eigenvalue weighted by atomic mass is 9.98. The summed E-state index contributed by atoms with van der Waals surface area (Å²) >= 11 is 0. The topological polar surface area (TPSA) is 149 Å². The van der Waals surface area contributed by atoms with Crippen molar-refractivity contribution >= 4 is 21.7 Å². The number of nitrogens with zero attached hydrogens (tertiary/aromatic N) is 2. The first-order chi connectivity index (χ1) is 15.3. The van der Waals surface area contributed by atoms with Crippen molar-refractivity contribution < 1.29 is 32.7 Å². The first-order valence-corrected chi connectivity index (χ1v) is 11.5. The van der Waals surface area contributed by atoms with Crippen molar-refractivity contribution in [2.24, 2.45) is 7.05 Å². The Morgan fingerprint density at radius 1 is 1.25 bits per heavy atom. The van der Waals surface area contributed by atoms with Crippen molar-refractivity contribution in [1.29, 1.82) is 0 Å². The second-order valence-electron chi connectivity index (χ2n) is 7.43. The van der Waals surface area contributed by atoms with Crippen molar-refractivity contribution in [2.75, 3.05) is 26.4 Å². The van der Waals surface area contributed by atoms with Crippen LogP contribution in [0, 0.1) is 0 Å². The number of aryl methyl sites for hydroxylation is 1. The zero-order chi connectivity index (χ0) is 23.2. The van der Waals surface area contributed by atoms with E-state index in [0.717, 1.165) is 0 Å². The summed E-state index contributed by atoms with van der Waals surface area (Å²) in [4.78, 5) is 28.2. The Kier molecular flexibility index (Phi) is 7.48. The summed E-state index contributed by atoms with van der Waals surface area (Å²) in [6.45, 7) is 0.652. The molecule has 12 heteroatoms. The van der Waals surface area contributed by atoms with Gasteiger partial charge in [0.1, 0.15) is 12.4 Å². The van der Waals surface area contributed by atoms with Crippen LogP contribution >= 0.6 is 0 Å². The highest BCUT2D eigenvalue weighted by atomic mass is 32.2. The zero-order valence-electron chi connectivity index (χ0n) is 17.6. The Labute approximate surface area is 185 Å². The average molecular weight is 467 g/mol. The number of nitrogens with one attached hydrogen (secondary N) is 2. The summed E-state index contributed by atoms with van der Waals surface area (Å²) in [6, 6.07) is 5.66. The highest BCUT2D eigenvalue weighted by Crippen LogP contribution is 2.35. The van der Waals surface area contributed by atoms with E-state index in [0.29, 0.717) is 11.4 Å². The van der Waals surface area contributed by atoms with Crippen LogP contribution in [0.4, 0.5) is 0 Å². The fraction of sp³-hybridized carbons (Fsp3) is 0.450. The molecular formula is C20H26N4O7S. The van der Waals surface area contributed by atoms with Crippen LogP contribution in [0.5, 0.6) is 5.75 Å². The SMILES string of the molecule is Cn1cnc(CC(=O)NCCOc2ccc(S(=O)(=O)C3(C(=O)NO)CCOCC3)cc2)c1. The molecule has 2 aromatic rings. The molecule has 0 bridgehead atoms. The van der Waals surface area contributed by atoms with Crippen molar-refractivity contribution in [3.8, 4) is 5.75 Å². The van der Waals surface area contributed by atoms with E-state index in [4.69, 9.17) is 14.7 Å². The number of carbonyl (C=O) groups is 2. The molecule has 1 aromatic heterocycles. The molecule has 0 unspecified atom stereocenters. The molecule has 3 N–H and O–H groups in total. The number of sulfone groups is 1. The molecule has 32 heavy (non-hydrogen) atoms. The van der Waals surface area contributed by atoms with Gasteiger partial charge < -0.3 is 19.4 Å². The Balaban J connectivity index is 1.56. The summed E-state index contributed by atoms with van der Waals surface area (Å²) in [6.07, 6.45) is 3.44. The van der Waals surface area contributed by atoms with Gasteiger partial charge in [-0.1, -0.05) is 0 Å². The molecule has 1 aliphatic rings. The highest BCUT2D eigenvalue weighted by molar-refractivity contribution is 7.93. The molecule has 2 heterocycles. The molecule has 0 spiro atoms. The van der Waals surface area contributed by atoms with E-state index < -0.39 is 20.5 Å². The van der Waals surface area contributed by atoms with E-state index in [-0.39, 0.29) is 56.4 Å². The lowest BCUT2D eigenvalue weighted by Crippen LogP contribution is -2.54. The summed E-state index contributed by atoms with van der Waals surface area (Å²) in [5.74, 6) is -0.740. The molecule has 2 amide bonds. The summed E-state index contributed by atoms with van der Waals surface area (Å²) in [7, 11) is -2.27. The lowest BCUT2D eigenvalue weighted by molar-refractivity contribution is -0.134. The second-order valence-corrected chi connectivity index (χ2v) is 9.69. The first kappa shape index (κ1) is 23.7. The van der Waals surface area contributed by atoms with Gasteiger partial charge in [0.25, 0.3) is 5.91 Å². The van der Waals surface area contributed by atoms with Gasteiger partial charge in [0.2, 0.25) is 5.91 Å². The molecule has 0 atom stereocenters. The molecule has 0 saturated carbocycles. The van der Waals surface area contributed by atoms with Crippen molar-refractivity contribution in [3.05, 3.63) is 42.5 Å². The van der Waals surface area contributed by atoms with Crippen LogP contribution in [0.3, 0.4) is 0 Å². The molecular weight excluding hydrogens is 440 g/mol. The quantitative estimate of drug-likeness (QED) is 0.265. The van der Waals surface area contributed by atoms with Gasteiger partial charge in [-0.3, -0.25) is 14.8 Å². The van der Waals surface area contributed by atoms with E-state index in [1.807, 2.05) is 7.05 Å². The summed E-state index contributed by atoms with van der Waals surface area (Å²) < 4.78 is 37.1. The Morgan fingerprint density at radius 3 is 2.53 bits per heavy atom. The monoisotopic (exact) mass is 466 g/mol. The second kappa shape index (κ2) is 10.1. The number of hydroxylamine groups is 1. The Morgan fingerprint density at radius 2 is 1.94 bits per heavy atom. The van der Waals surface area contributed by atoms with E-state index in [2.05, 4.69) is 10.3 Å². The molecule has 1 aromatic carbocycles. The van der Waals surface area contributed by atoms with E-state index >= 15 is 0 Å². The number of hydrogen-bond donors (Lipinski definition) is 3. The predicted octanol–water partition coefficient (Wildman–Crippen LogP) is -0.0139. The number of benzene rings is 1. The summed E-state index contributed by atoms with van der Waals surface area (Å²) in [5.41, 5.74) is 2.15. The van der Waals surface area contributed by atoms with Crippen LogP contribution in [-0.4, -0.2) is 66.1 Å². The van der Waals surface area contributed by atoms with Gasteiger partial charge in [0.05, 0.1) is 29.9 Å². The van der Waals surface area contributed by atoms with Gasteiger partial charge >= 0.3 is 0 Å². The zero-order valence-corrected chi connectivity index (χ0v) is 18.4. The average Bonchev–Trinajstić information content (AvgIpc) is 3.21. The number of rotatable bonds is 9. The standard InChI is InChI=1S/C20H26N4O7S/c1-24-13-15(22-14-24)12-18(25)21-8-11-31-16-2-4-17(5-3-16)32(28,29)20(19(26)23-27)6-9-30-10-7-20/h2-5,13-14,27H,6-12H2,1H3,(H,21,25)(H,23,26). The normalized spacial score (nSPS) is 15.7. The van der Waals surface area contributed by atoms with Crippen LogP contribution in [0.1, 0.15) is 18.5 Å². The van der Waals surface area contributed by atoms with Crippen LogP contribution in [0.2, 0.25) is 0 Å². The number of hydrogen-bond acceptors (Lipinski definition) is 8. The molecule has 1 fully saturated rings. The molecule has 174 valence electrons. The fourth-order valence-electron chi connectivity index (χ4n) is 3.51. The van der Waals surface area contributed by atoms with E-state index in [9.17, 15) is 18.0 Å². The predicted molar refractivity (Wildman–Crippen MR) is 112 cm³/mol. The van der Waals surface area contributed by atoms with Crippen LogP contribution in [0.15, 0.2) is 41.7 Å². The third-order valence-corrected chi connectivity index (χ3v) is 7.77. The smallest absolute Gasteiger partial charge is 0.265 e. The minimum atomic E-state index is -4.09. The number of carbonyl (C=O) groups excluding carboxylic acids is 2. The first-order valence-electron chi connectivity index (χ1n) is 10.0. The van der Waals surface area contributed by atoms with Crippen LogP contribution < -0.4 is 15.5 Å². The maximum absolute atomic E-state index is 13.2. The van der Waals surface area contributed by atoms with Gasteiger partial charge in [0, 0.05) is 26.5 Å². The molecule has 1 saturated heterocycles. The van der Waals surface area contributed by atoms with Crippen molar-refractivity contribution in [3.63, 3.8) is 0 Å². The van der Waals surface area contributed by atoms with Gasteiger partial charge in [0.15, 0.2) is 14.6 Å². The van der Waals surface area contributed by atoms with Gasteiger partial charge in [-0.2, -0.15) is 0 Å². The van der Waals surface area contributed by atoms with Crippen LogP contribution in [0.25, 0.3) is 0 Å².